The first kappa shape index (κ1) is 65.4. The molecule has 0 aromatic heterocycles. The highest BCUT2D eigenvalue weighted by atomic mass is 16.7. The molecule has 1 aliphatic heterocycles. The van der Waals surface area contributed by atoms with Gasteiger partial charge in [0, 0.05) is 6.42 Å². The van der Waals surface area contributed by atoms with E-state index in [1.807, 2.05) is 6.08 Å². The Morgan fingerprint density at radius 3 is 1.51 bits per heavy atom. The Bertz CT molecular complexity index is 1370. The topological polar surface area (TPSA) is 175 Å². The predicted molar refractivity (Wildman–Crippen MR) is 287 cm³/mol. The smallest absolute Gasteiger partial charge is 0.306 e. The van der Waals surface area contributed by atoms with Crippen molar-refractivity contribution in [3.63, 3.8) is 0 Å². The molecule has 1 aliphatic rings. The number of nitrogens with one attached hydrogen (secondary N) is 1. The third-order valence-corrected chi connectivity index (χ3v) is 13.1. The standard InChI is InChI=1S/C59H105NO10/c1-4-7-10-13-16-19-22-25-26-27-29-31-34-37-40-43-46-52(63)58(67)60-50(51(62)45-42-39-36-33-30-24-21-18-15-12-9-6-3)49-68-59-57(56(66)55(65)53(48-61)69-59)70-54(64)47-44-41-38-35-32-28-23-20-17-14-11-8-5-2/h16,19,25-26,28-29,31-32,42,45,50-53,55-57,59,61-63,65-66H,4-15,17-18,20-24,27,30,33-41,43-44,46-49H2,1-3H3,(H,60,67)/b19-16-,26-25-,31-29-,32-28-,45-42+. The number of aliphatic hydroxyl groups excluding tert-OH is 5. The zero-order valence-electron chi connectivity index (χ0n) is 44.6. The van der Waals surface area contributed by atoms with E-state index in [1.165, 1.54) is 109 Å². The van der Waals surface area contributed by atoms with E-state index in [1.54, 1.807) is 6.08 Å². The van der Waals surface area contributed by atoms with Crippen molar-refractivity contribution in [2.24, 2.45) is 0 Å². The van der Waals surface area contributed by atoms with Gasteiger partial charge in [-0.05, 0) is 89.9 Å². The van der Waals surface area contributed by atoms with E-state index in [4.69, 9.17) is 14.2 Å². The van der Waals surface area contributed by atoms with Gasteiger partial charge in [-0.25, -0.2) is 0 Å². The van der Waals surface area contributed by atoms with E-state index < -0.39 is 67.4 Å². The molecule has 70 heavy (non-hydrogen) atoms. The molecule has 0 bridgehead atoms. The molecule has 11 heteroatoms. The number of amides is 1. The lowest BCUT2D eigenvalue weighted by molar-refractivity contribution is -0.305. The van der Waals surface area contributed by atoms with Crippen LogP contribution in [0.25, 0.3) is 0 Å². The van der Waals surface area contributed by atoms with E-state index in [0.29, 0.717) is 12.8 Å². The molecule has 0 radical (unpaired) electrons. The summed E-state index contributed by atoms with van der Waals surface area (Å²) in [4.78, 5) is 26.4. The monoisotopic (exact) mass is 988 g/mol. The summed E-state index contributed by atoms with van der Waals surface area (Å²) in [5, 5.41) is 56.7. The van der Waals surface area contributed by atoms with Gasteiger partial charge < -0.3 is 45.1 Å². The lowest BCUT2D eigenvalue weighted by Crippen LogP contribution is -2.61. The summed E-state index contributed by atoms with van der Waals surface area (Å²) in [7, 11) is 0. The molecule has 1 rings (SSSR count). The fourth-order valence-corrected chi connectivity index (χ4v) is 8.53. The summed E-state index contributed by atoms with van der Waals surface area (Å²) in [5.41, 5.74) is 0. The molecular formula is C59H105NO10. The van der Waals surface area contributed by atoms with Gasteiger partial charge in [-0.15, -0.1) is 0 Å². The fourth-order valence-electron chi connectivity index (χ4n) is 8.53. The van der Waals surface area contributed by atoms with Crippen molar-refractivity contribution in [1.82, 2.24) is 5.32 Å². The summed E-state index contributed by atoms with van der Waals surface area (Å²) in [6, 6.07) is -1.04. The van der Waals surface area contributed by atoms with Crippen LogP contribution < -0.4 is 5.32 Å². The quantitative estimate of drug-likeness (QED) is 0.0196. The number of carbonyl (C=O) groups is 2. The van der Waals surface area contributed by atoms with Crippen LogP contribution in [0, 0.1) is 0 Å². The van der Waals surface area contributed by atoms with E-state index in [2.05, 4.69) is 74.7 Å². The zero-order valence-corrected chi connectivity index (χ0v) is 44.6. The Morgan fingerprint density at radius 2 is 0.986 bits per heavy atom. The van der Waals surface area contributed by atoms with Crippen molar-refractivity contribution in [2.75, 3.05) is 13.2 Å². The first-order valence-electron chi connectivity index (χ1n) is 28.6. The Labute approximate surface area is 427 Å². The van der Waals surface area contributed by atoms with E-state index >= 15 is 0 Å². The second-order valence-electron chi connectivity index (χ2n) is 19.7. The van der Waals surface area contributed by atoms with Crippen molar-refractivity contribution in [1.29, 1.82) is 0 Å². The van der Waals surface area contributed by atoms with Crippen molar-refractivity contribution < 1.29 is 49.3 Å². The van der Waals surface area contributed by atoms with Crippen LogP contribution in [0.4, 0.5) is 0 Å². The maximum absolute atomic E-state index is 13.4. The van der Waals surface area contributed by atoms with Gasteiger partial charge in [-0.2, -0.15) is 0 Å². The number of hydrogen-bond acceptors (Lipinski definition) is 10. The van der Waals surface area contributed by atoms with Crippen LogP contribution in [0.1, 0.15) is 239 Å². The van der Waals surface area contributed by atoms with Crippen molar-refractivity contribution in [3.8, 4) is 0 Å². The van der Waals surface area contributed by atoms with Crippen LogP contribution in [0.3, 0.4) is 0 Å². The maximum Gasteiger partial charge on any atom is 0.306 e. The number of allylic oxidation sites excluding steroid dienone is 9. The van der Waals surface area contributed by atoms with Gasteiger partial charge >= 0.3 is 5.97 Å². The molecule has 0 aromatic rings. The summed E-state index contributed by atoms with van der Waals surface area (Å²) in [6.07, 6.45) is 46.9. The van der Waals surface area contributed by atoms with Gasteiger partial charge in [-0.1, -0.05) is 204 Å². The number of aliphatic hydroxyl groups is 5. The number of esters is 1. The summed E-state index contributed by atoms with van der Waals surface area (Å²) < 4.78 is 17.5. The number of rotatable bonds is 47. The van der Waals surface area contributed by atoms with Gasteiger partial charge in [0.1, 0.15) is 24.4 Å². The SMILES string of the molecule is CCCCC/C=C\C/C=C\C/C=C\CCCCCC(O)C(=O)NC(COC1OC(CO)C(O)C(O)C1OC(=O)CCCCC/C=C\CCCCCCCC)C(O)/C=C/CCCCCCCCCCCC. The highest BCUT2D eigenvalue weighted by Gasteiger charge is 2.47. The van der Waals surface area contributed by atoms with Crippen LogP contribution in [-0.4, -0.2) is 99.6 Å². The molecule has 0 spiro atoms. The molecule has 1 heterocycles. The summed E-state index contributed by atoms with van der Waals surface area (Å²) in [5.74, 6) is -1.24. The zero-order chi connectivity index (χ0) is 51.1. The van der Waals surface area contributed by atoms with Crippen molar-refractivity contribution in [3.05, 3.63) is 60.8 Å². The summed E-state index contributed by atoms with van der Waals surface area (Å²) in [6.45, 7) is 5.71. The second-order valence-corrected chi connectivity index (χ2v) is 19.7. The number of unbranched alkanes of at least 4 members (excludes halogenated alkanes) is 25. The Morgan fingerprint density at radius 1 is 0.557 bits per heavy atom. The highest BCUT2D eigenvalue weighted by Crippen LogP contribution is 2.26. The minimum Gasteiger partial charge on any atom is -0.454 e. The largest absolute Gasteiger partial charge is 0.454 e. The lowest BCUT2D eigenvalue weighted by Gasteiger charge is -2.41. The molecule has 0 aliphatic carbocycles. The molecule has 6 N–H and O–H groups in total. The molecule has 0 saturated carbocycles. The van der Waals surface area contributed by atoms with Crippen LogP contribution in [0.5, 0.6) is 0 Å². The van der Waals surface area contributed by atoms with Gasteiger partial charge in [0.25, 0.3) is 0 Å². The van der Waals surface area contributed by atoms with Gasteiger partial charge in [0.15, 0.2) is 12.4 Å². The predicted octanol–water partition coefficient (Wildman–Crippen LogP) is 12.7. The number of carbonyl (C=O) groups excluding carboxylic acids is 2. The van der Waals surface area contributed by atoms with Crippen molar-refractivity contribution in [2.45, 2.75) is 288 Å². The molecule has 1 amide bonds. The van der Waals surface area contributed by atoms with Crippen LogP contribution in [0.2, 0.25) is 0 Å². The Balaban J connectivity index is 2.77. The third kappa shape index (κ3) is 35.5. The molecule has 0 aromatic carbocycles. The molecule has 1 saturated heterocycles. The average Bonchev–Trinajstić information content (AvgIpc) is 3.36. The van der Waals surface area contributed by atoms with E-state index in [0.717, 1.165) is 83.5 Å². The molecule has 1 fully saturated rings. The summed E-state index contributed by atoms with van der Waals surface area (Å²) >= 11 is 0. The van der Waals surface area contributed by atoms with Crippen molar-refractivity contribution >= 4 is 11.9 Å². The molecule has 8 unspecified atom stereocenters. The third-order valence-electron chi connectivity index (χ3n) is 13.1. The maximum atomic E-state index is 13.4. The molecule has 8 atom stereocenters. The van der Waals surface area contributed by atoms with E-state index in [-0.39, 0.29) is 19.4 Å². The number of ether oxygens (including phenoxy) is 3. The minimum absolute atomic E-state index is 0.0991. The van der Waals surface area contributed by atoms with E-state index in [9.17, 15) is 35.1 Å². The normalized spacial score (nSPS) is 20.1. The van der Waals surface area contributed by atoms with Crippen LogP contribution >= 0.6 is 0 Å². The van der Waals surface area contributed by atoms with Crippen LogP contribution in [-0.2, 0) is 23.8 Å². The van der Waals surface area contributed by atoms with Gasteiger partial charge in [0.05, 0.1) is 25.4 Å². The fraction of sp³-hybridized carbons (Fsp3) is 0.797. The molecular weight excluding hydrogens is 883 g/mol. The highest BCUT2D eigenvalue weighted by molar-refractivity contribution is 5.80. The number of hydrogen-bond donors (Lipinski definition) is 6. The lowest BCUT2D eigenvalue weighted by atomic mass is 9.99. The first-order chi connectivity index (χ1) is 34.2. The average molecular weight is 988 g/mol. The molecule has 11 nitrogen and oxygen atoms in total. The van der Waals surface area contributed by atoms with Crippen LogP contribution in [0.15, 0.2) is 60.8 Å². The first-order valence-corrected chi connectivity index (χ1v) is 28.6. The second kappa shape index (κ2) is 47.4. The Hall–Kier alpha value is -2.64. The minimum atomic E-state index is -1.62. The van der Waals surface area contributed by atoms with Gasteiger partial charge in [0.2, 0.25) is 5.91 Å². The molecule has 406 valence electrons. The van der Waals surface area contributed by atoms with Gasteiger partial charge in [-0.3, -0.25) is 9.59 Å². The Kier molecular flexibility index (Phi) is 44.2.